The van der Waals surface area contributed by atoms with Crippen LogP contribution in [0.1, 0.15) is 19.8 Å². The van der Waals surface area contributed by atoms with Gasteiger partial charge in [0, 0.05) is 35.5 Å². The third-order valence-corrected chi connectivity index (χ3v) is 3.06. The topological polar surface area (TPSA) is 49.3 Å². The fourth-order valence-electron chi connectivity index (χ4n) is 0.784. The average molecular weight is 193 g/mol. The molecule has 0 heterocycles. The van der Waals surface area contributed by atoms with Gasteiger partial charge in [0.15, 0.2) is 0 Å². The summed E-state index contributed by atoms with van der Waals surface area (Å²) in [6.45, 7) is 3.93. The number of rotatable bonds is 7. The molecule has 2 atom stereocenters. The summed E-state index contributed by atoms with van der Waals surface area (Å²) in [7, 11) is -0.729. The first-order valence-corrected chi connectivity index (χ1v) is 5.94. The maximum atomic E-state index is 10.9. The lowest BCUT2D eigenvalue weighted by molar-refractivity contribution is 0.284. The Balaban J connectivity index is 3.14. The number of hydrogen-bond acceptors (Lipinski definition) is 3. The number of hydrogen-bond donors (Lipinski definition) is 2. The van der Waals surface area contributed by atoms with E-state index in [1.165, 1.54) is 0 Å². The summed E-state index contributed by atoms with van der Waals surface area (Å²) in [6, 6.07) is 0. The molecule has 12 heavy (non-hydrogen) atoms. The fraction of sp³-hybridized carbons (Fsp3) is 1.00. The summed E-state index contributed by atoms with van der Waals surface area (Å²) in [5, 5.41) is 11.9. The van der Waals surface area contributed by atoms with Gasteiger partial charge >= 0.3 is 0 Å². The van der Waals surface area contributed by atoms with E-state index < -0.39 is 10.8 Å². The Labute approximate surface area is 77.0 Å². The Morgan fingerprint density at radius 1 is 1.50 bits per heavy atom. The van der Waals surface area contributed by atoms with Crippen LogP contribution in [0.3, 0.4) is 0 Å². The van der Waals surface area contributed by atoms with Gasteiger partial charge in [-0.1, -0.05) is 0 Å². The van der Waals surface area contributed by atoms with E-state index in [2.05, 4.69) is 5.32 Å². The van der Waals surface area contributed by atoms with Gasteiger partial charge in [0.05, 0.1) is 0 Å². The van der Waals surface area contributed by atoms with Gasteiger partial charge in [-0.15, -0.1) is 0 Å². The molecule has 0 aromatic rings. The minimum absolute atomic E-state index is 0.221. The molecule has 0 fully saturated rings. The molecule has 74 valence electrons. The second-order valence-corrected chi connectivity index (χ2v) is 4.75. The predicted molar refractivity (Wildman–Crippen MR) is 52.7 cm³/mol. The third-order valence-electron chi connectivity index (χ3n) is 1.76. The van der Waals surface area contributed by atoms with E-state index in [9.17, 15) is 4.21 Å². The molecule has 0 aliphatic carbocycles. The zero-order chi connectivity index (χ0) is 9.40. The summed E-state index contributed by atoms with van der Waals surface area (Å²) in [4.78, 5) is 0. The molecule has 0 bridgehead atoms. The van der Waals surface area contributed by atoms with Gasteiger partial charge in [-0.25, -0.2) is 0 Å². The van der Waals surface area contributed by atoms with Gasteiger partial charge in [-0.3, -0.25) is 4.21 Å². The molecule has 0 saturated carbocycles. The average Bonchev–Trinajstić information content (AvgIpc) is 2.03. The quantitative estimate of drug-likeness (QED) is 0.564. The Morgan fingerprint density at radius 2 is 2.17 bits per heavy atom. The second kappa shape index (κ2) is 7.71. The molecule has 0 aromatic heterocycles. The number of aliphatic hydroxyl groups excluding tert-OH is 1. The standard InChI is InChI=1S/C8H19NO2S/c1-8(12(2)11)7-9-5-3-4-6-10/h8-10H,3-7H2,1-2H3. The summed E-state index contributed by atoms with van der Waals surface area (Å²) in [5.41, 5.74) is 0. The van der Waals surface area contributed by atoms with E-state index in [0.717, 1.165) is 25.9 Å². The van der Waals surface area contributed by atoms with Crippen LogP contribution in [0.2, 0.25) is 0 Å². The minimum atomic E-state index is -0.729. The van der Waals surface area contributed by atoms with Crippen LogP contribution in [0.25, 0.3) is 0 Å². The first kappa shape index (κ1) is 12.1. The highest BCUT2D eigenvalue weighted by molar-refractivity contribution is 7.84. The second-order valence-electron chi connectivity index (χ2n) is 2.94. The first-order chi connectivity index (χ1) is 5.68. The van der Waals surface area contributed by atoms with Crippen molar-refractivity contribution in [1.29, 1.82) is 0 Å². The van der Waals surface area contributed by atoms with Crippen LogP contribution in [0.5, 0.6) is 0 Å². The van der Waals surface area contributed by atoms with Gasteiger partial charge in [0.1, 0.15) is 0 Å². The molecule has 0 saturated heterocycles. The molecule has 2 unspecified atom stereocenters. The Bertz CT molecular complexity index is 130. The van der Waals surface area contributed by atoms with Gasteiger partial charge in [-0.05, 0) is 26.3 Å². The van der Waals surface area contributed by atoms with E-state index in [0.29, 0.717) is 0 Å². The summed E-state index contributed by atoms with van der Waals surface area (Å²) in [5.74, 6) is 0. The van der Waals surface area contributed by atoms with Crippen LogP contribution in [0.4, 0.5) is 0 Å². The summed E-state index contributed by atoms with van der Waals surface area (Å²) in [6.07, 6.45) is 3.55. The number of aliphatic hydroxyl groups is 1. The molecule has 4 heteroatoms. The van der Waals surface area contributed by atoms with Crippen LogP contribution in [0, 0.1) is 0 Å². The van der Waals surface area contributed by atoms with Crippen molar-refractivity contribution >= 4 is 10.8 Å². The molecule has 0 aliphatic rings. The van der Waals surface area contributed by atoms with Gasteiger partial charge in [-0.2, -0.15) is 0 Å². The SMILES string of the molecule is CC(CNCCCCO)S(C)=O. The van der Waals surface area contributed by atoms with E-state index >= 15 is 0 Å². The summed E-state index contributed by atoms with van der Waals surface area (Å²) >= 11 is 0. The normalized spacial score (nSPS) is 15.9. The molecule has 0 amide bonds. The molecule has 0 rings (SSSR count). The maximum Gasteiger partial charge on any atom is 0.0441 e. The van der Waals surface area contributed by atoms with Crippen molar-refractivity contribution in [3.05, 3.63) is 0 Å². The molecule has 0 aromatic carbocycles. The van der Waals surface area contributed by atoms with Gasteiger partial charge < -0.3 is 10.4 Å². The van der Waals surface area contributed by atoms with Crippen LogP contribution in [-0.2, 0) is 10.8 Å². The lowest BCUT2D eigenvalue weighted by Gasteiger charge is -2.08. The number of unbranched alkanes of at least 4 members (excludes halogenated alkanes) is 1. The molecule has 0 spiro atoms. The monoisotopic (exact) mass is 193 g/mol. The van der Waals surface area contributed by atoms with Crippen LogP contribution in [-0.4, -0.2) is 40.5 Å². The molecular formula is C8H19NO2S. The van der Waals surface area contributed by atoms with Crippen molar-refractivity contribution in [3.8, 4) is 0 Å². The Morgan fingerprint density at radius 3 is 2.67 bits per heavy atom. The van der Waals surface area contributed by atoms with Crippen LogP contribution < -0.4 is 5.32 Å². The lowest BCUT2D eigenvalue weighted by Crippen LogP contribution is -2.28. The fourth-order valence-corrected chi connectivity index (χ4v) is 1.14. The van der Waals surface area contributed by atoms with Crippen molar-refractivity contribution in [2.24, 2.45) is 0 Å². The Kier molecular flexibility index (Phi) is 7.75. The zero-order valence-corrected chi connectivity index (χ0v) is 8.69. The van der Waals surface area contributed by atoms with Crippen molar-refractivity contribution in [3.63, 3.8) is 0 Å². The molecule has 2 N–H and O–H groups in total. The zero-order valence-electron chi connectivity index (χ0n) is 7.88. The third kappa shape index (κ3) is 6.76. The predicted octanol–water partition coefficient (Wildman–Crippen LogP) is 0.115. The van der Waals surface area contributed by atoms with Crippen molar-refractivity contribution < 1.29 is 9.32 Å². The van der Waals surface area contributed by atoms with Crippen molar-refractivity contribution in [2.45, 2.75) is 25.0 Å². The molecular weight excluding hydrogens is 174 g/mol. The largest absolute Gasteiger partial charge is 0.396 e. The molecule has 0 aliphatic heterocycles. The number of nitrogens with one attached hydrogen (secondary N) is 1. The van der Waals surface area contributed by atoms with Gasteiger partial charge in [0.2, 0.25) is 0 Å². The highest BCUT2D eigenvalue weighted by Crippen LogP contribution is 1.90. The smallest absolute Gasteiger partial charge is 0.0441 e. The lowest BCUT2D eigenvalue weighted by atomic mass is 10.3. The molecule has 0 radical (unpaired) electrons. The van der Waals surface area contributed by atoms with E-state index in [1.54, 1.807) is 6.26 Å². The molecule has 3 nitrogen and oxygen atoms in total. The maximum absolute atomic E-state index is 10.9. The van der Waals surface area contributed by atoms with E-state index in [-0.39, 0.29) is 11.9 Å². The van der Waals surface area contributed by atoms with Crippen LogP contribution in [0.15, 0.2) is 0 Å². The van der Waals surface area contributed by atoms with Crippen molar-refractivity contribution in [2.75, 3.05) is 26.0 Å². The summed E-state index contributed by atoms with van der Waals surface area (Å²) < 4.78 is 10.9. The van der Waals surface area contributed by atoms with Gasteiger partial charge in [0.25, 0.3) is 0 Å². The minimum Gasteiger partial charge on any atom is -0.396 e. The highest BCUT2D eigenvalue weighted by Gasteiger charge is 2.03. The Hall–Kier alpha value is 0.0700. The van der Waals surface area contributed by atoms with Crippen LogP contribution >= 0.6 is 0 Å². The first-order valence-electron chi connectivity index (χ1n) is 4.32. The van der Waals surface area contributed by atoms with E-state index in [1.807, 2.05) is 6.92 Å². The van der Waals surface area contributed by atoms with E-state index in [4.69, 9.17) is 5.11 Å². The highest BCUT2D eigenvalue weighted by atomic mass is 32.2. The van der Waals surface area contributed by atoms with Crippen molar-refractivity contribution in [1.82, 2.24) is 5.32 Å².